The number of pyridine rings is 1. The highest BCUT2D eigenvalue weighted by atomic mass is 32.2. The number of nitrogens with one attached hydrogen (secondary N) is 1. The highest BCUT2D eigenvalue weighted by Crippen LogP contribution is 2.37. The fourth-order valence-electron chi connectivity index (χ4n) is 3.50. The summed E-state index contributed by atoms with van der Waals surface area (Å²) in [5.41, 5.74) is 1.48. The van der Waals surface area contributed by atoms with Gasteiger partial charge in [-0.2, -0.15) is 5.10 Å². The molecule has 2 unspecified atom stereocenters. The maximum atomic E-state index is 12.9. The van der Waals surface area contributed by atoms with Crippen molar-refractivity contribution in [2.75, 3.05) is 12.4 Å². The van der Waals surface area contributed by atoms with E-state index in [2.05, 4.69) is 15.4 Å². The summed E-state index contributed by atoms with van der Waals surface area (Å²) in [7, 11) is 1.73. The van der Waals surface area contributed by atoms with Gasteiger partial charge in [-0.05, 0) is 23.8 Å². The Labute approximate surface area is 173 Å². The van der Waals surface area contributed by atoms with Crippen LogP contribution in [0.5, 0.6) is 0 Å². The van der Waals surface area contributed by atoms with Crippen molar-refractivity contribution in [1.29, 1.82) is 0 Å². The fourth-order valence-corrected chi connectivity index (χ4v) is 4.27. The van der Waals surface area contributed by atoms with Crippen LogP contribution in [0.15, 0.2) is 72.1 Å². The van der Waals surface area contributed by atoms with Gasteiger partial charge in [0.25, 0.3) is 0 Å². The van der Waals surface area contributed by atoms with Crippen LogP contribution in [-0.4, -0.2) is 38.5 Å². The average Bonchev–Trinajstić information content (AvgIpc) is 3.32. The molecule has 1 aliphatic heterocycles. The molecule has 1 aromatic carbocycles. The van der Waals surface area contributed by atoms with Gasteiger partial charge >= 0.3 is 0 Å². The number of nitrogens with zero attached hydrogens (tertiary/aromatic N) is 4. The first kappa shape index (κ1) is 19.2. The molecule has 1 saturated heterocycles. The van der Waals surface area contributed by atoms with E-state index in [4.69, 9.17) is 0 Å². The second-order valence-electron chi connectivity index (χ2n) is 6.89. The van der Waals surface area contributed by atoms with Crippen molar-refractivity contribution in [1.82, 2.24) is 19.7 Å². The minimum atomic E-state index is -0.473. The lowest BCUT2D eigenvalue weighted by atomic mass is 9.94. The van der Waals surface area contributed by atoms with E-state index >= 15 is 0 Å². The van der Waals surface area contributed by atoms with Crippen molar-refractivity contribution in [2.24, 2.45) is 5.92 Å². The summed E-state index contributed by atoms with van der Waals surface area (Å²) in [6.07, 6.45) is 6.99. The second kappa shape index (κ2) is 8.48. The molecule has 2 atom stereocenters. The molecule has 3 aromatic rings. The van der Waals surface area contributed by atoms with Crippen molar-refractivity contribution >= 4 is 29.3 Å². The van der Waals surface area contributed by atoms with Gasteiger partial charge in [-0.3, -0.25) is 19.3 Å². The van der Waals surface area contributed by atoms with Crippen LogP contribution < -0.4 is 5.32 Å². The summed E-state index contributed by atoms with van der Waals surface area (Å²) in [6, 6.07) is 13.5. The number of likely N-dealkylation sites (tertiary alicyclic amines) is 1. The van der Waals surface area contributed by atoms with Crippen molar-refractivity contribution in [3.05, 3.63) is 72.8 Å². The fraction of sp³-hybridized carbons (Fsp3) is 0.238. The van der Waals surface area contributed by atoms with E-state index in [1.807, 2.05) is 42.5 Å². The normalized spacial score (nSPS) is 18.8. The molecule has 29 heavy (non-hydrogen) atoms. The number of anilines is 1. The molecule has 2 aromatic heterocycles. The van der Waals surface area contributed by atoms with Gasteiger partial charge in [-0.1, -0.05) is 24.3 Å². The number of carbonyl (C=O) groups excluding carboxylic acids is 2. The van der Waals surface area contributed by atoms with Crippen LogP contribution in [0.3, 0.4) is 0 Å². The lowest BCUT2D eigenvalue weighted by molar-refractivity contribution is -0.127. The monoisotopic (exact) mass is 407 g/mol. The molecule has 3 heterocycles. The molecule has 0 spiro atoms. The molecule has 0 radical (unpaired) electrons. The molecule has 4 rings (SSSR count). The third-order valence-corrected chi connectivity index (χ3v) is 5.96. The Bertz CT molecular complexity index is 993. The second-order valence-corrected chi connectivity index (χ2v) is 7.91. The Morgan fingerprint density at radius 3 is 2.79 bits per heavy atom. The minimum absolute atomic E-state index is 0.0473. The summed E-state index contributed by atoms with van der Waals surface area (Å²) < 4.78 is 1.78. The standard InChI is InChI=1S/C21H21N5O2S/c1-25-19(27)10-18(20(25)15-6-5-9-22-11-15)21(28)24-16-12-23-26(13-16)14-29-17-7-3-2-4-8-17/h2-9,11-13,18,20H,10,14H2,1H3,(H,24,28). The van der Waals surface area contributed by atoms with Crippen LogP contribution in [0.1, 0.15) is 18.0 Å². The molecule has 0 saturated carbocycles. The summed E-state index contributed by atoms with van der Waals surface area (Å²) in [6.45, 7) is 0. The van der Waals surface area contributed by atoms with Gasteiger partial charge in [0, 0.05) is 37.0 Å². The van der Waals surface area contributed by atoms with E-state index in [9.17, 15) is 9.59 Å². The third kappa shape index (κ3) is 4.32. The van der Waals surface area contributed by atoms with Crippen molar-refractivity contribution in [2.45, 2.75) is 23.2 Å². The molecule has 1 aliphatic rings. The first-order valence-electron chi connectivity index (χ1n) is 9.28. The van der Waals surface area contributed by atoms with E-state index < -0.39 is 5.92 Å². The summed E-state index contributed by atoms with van der Waals surface area (Å²) in [4.78, 5) is 32.1. The van der Waals surface area contributed by atoms with Crippen LogP contribution in [0.2, 0.25) is 0 Å². The molecule has 148 valence electrons. The lowest BCUT2D eigenvalue weighted by Crippen LogP contribution is -2.30. The molecule has 1 fully saturated rings. The lowest BCUT2D eigenvalue weighted by Gasteiger charge is -2.24. The third-order valence-electron chi connectivity index (χ3n) is 4.96. The number of amides is 2. The number of hydrogen-bond donors (Lipinski definition) is 1. The molecule has 1 N–H and O–H groups in total. The maximum absolute atomic E-state index is 12.9. The van der Waals surface area contributed by atoms with Crippen LogP contribution in [0.25, 0.3) is 0 Å². The molecule has 7 nitrogen and oxygen atoms in total. The van der Waals surface area contributed by atoms with Gasteiger partial charge in [0.05, 0.1) is 29.7 Å². The van der Waals surface area contributed by atoms with Gasteiger partial charge in [0.1, 0.15) is 0 Å². The first-order valence-corrected chi connectivity index (χ1v) is 10.3. The Hall–Kier alpha value is -3.13. The largest absolute Gasteiger partial charge is 0.338 e. The van der Waals surface area contributed by atoms with E-state index in [0.717, 1.165) is 10.5 Å². The van der Waals surface area contributed by atoms with Crippen molar-refractivity contribution in [3.8, 4) is 0 Å². The summed E-state index contributed by atoms with van der Waals surface area (Å²) in [5, 5.41) is 7.22. The molecule has 2 amide bonds. The summed E-state index contributed by atoms with van der Waals surface area (Å²) in [5.74, 6) is -0.0671. The van der Waals surface area contributed by atoms with Crippen LogP contribution in [-0.2, 0) is 15.5 Å². The quantitative estimate of drug-likeness (QED) is 0.635. The van der Waals surface area contributed by atoms with Gasteiger partial charge < -0.3 is 10.2 Å². The van der Waals surface area contributed by atoms with Gasteiger partial charge in [-0.15, -0.1) is 11.8 Å². The zero-order chi connectivity index (χ0) is 20.2. The zero-order valence-electron chi connectivity index (χ0n) is 15.9. The number of thioether (sulfide) groups is 1. The predicted octanol–water partition coefficient (Wildman–Crippen LogP) is 3.19. The predicted molar refractivity (Wildman–Crippen MR) is 111 cm³/mol. The topological polar surface area (TPSA) is 80.1 Å². The van der Waals surface area contributed by atoms with E-state index in [-0.39, 0.29) is 24.3 Å². The average molecular weight is 407 g/mol. The number of hydrogen-bond acceptors (Lipinski definition) is 5. The Morgan fingerprint density at radius 2 is 2.03 bits per heavy atom. The van der Waals surface area contributed by atoms with Crippen LogP contribution in [0.4, 0.5) is 5.69 Å². The summed E-state index contributed by atoms with van der Waals surface area (Å²) >= 11 is 1.66. The highest BCUT2D eigenvalue weighted by Gasteiger charge is 2.42. The van der Waals surface area contributed by atoms with E-state index in [0.29, 0.717) is 11.6 Å². The number of carbonyl (C=O) groups is 2. The van der Waals surface area contributed by atoms with Crippen LogP contribution in [0, 0.1) is 5.92 Å². The Morgan fingerprint density at radius 1 is 1.21 bits per heavy atom. The molecular formula is C21H21N5O2S. The smallest absolute Gasteiger partial charge is 0.230 e. The van der Waals surface area contributed by atoms with Gasteiger partial charge in [0.2, 0.25) is 11.8 Å². The Balaban J connectivity index is 1.42. The number of rotatable bonds is 6. The SMILES string of the molecule is CN1C(=O)CC(C(=O)Nc2cnn(CSc3ccccc3)c2)C1c1cccnc1. The van der Waals surface area contributed by atoms with Crippen molar-refractivity contribution < 1.29 is 9.59 Å². The molecular weight excluding hydrogens is 386 g/mol. The minimum Gasteiger partial charge on any atom is -0.338 e. The van der Waals surface area contributed by atoms with E-state index in [1.165, 1.54) is 0 Å². The van der Waals surface area contributed by atoms with Crippen LogP contribution >= 0.6 is 11.8 Å². The Kier molecular flexibility index (Phi) is 5.62. The maximum Gasteiger partial charge on any atom is 0.230 e. The number of aromatic nitrogens is 3. The molecule has 8 heteroatoms. The van der Waals surface area contributed by atoms with E-state index in [1.54, 1.807) is 53.2 Å². The van der Waals surface area contributed by atoms with Crippen molar-refractivity contribution in [3.63, 3.8) is 0 Å². The number of benzene rings is 1. The molecule has 0 bridgehead atoms. The highest BCUT2D eigenvalue weighted by molar-refractivity contribution is 7.98. The first-order chi connectivity index (χ1) is 14.1. The van der Waals surface area contributed by atoms with Gasteiger partial charge in [-0.25, -0.2) is 0 Å². The molecule has 0 aliphatic carbocycles. The van der Waals surface area contributed by atoms with Gasteiger partial charge in [0.15, 0.2) is 0 Å². The zero-order valence-corrected chi connectivity index (χ0v) is 16.7.